The van der Waals surface area contributed by atoms with Crippen LogP contribution in [0.1, 0.15) is 18.1 Å². The van der Waals surface area contributed by atoms with Gasteiger partial charge in [-0.05, 0) is 11.1 Å². The van der Waals surface area contributed by atoms with E-state index in [2.05, 4.69) is 6.92 Å². The van der Waals surface area contributed by atoms with Crippen molar-refractivity contribution >= 4 is 33.4 Å². The smallest absolute Gasteiger partial charge is 0.212 e. The summed E-state index contributed by atoms with van der Waals surface area (Å²) in [5, 5.41) is 0.373. The summed E-state index contributed by atoms with van der Waals surface area (Å²) in [4.78, 5) is 0. The maximum absolute atomic E-state index is 12.4. The van der Waals surface area contributed by atoms with E-state index in [9.17, 15) is 8.42 Å². The Morgan fingerprint density at radius 2 is 2.16 bits per heavy atom. The van der Waals surface area contributed by atoms with Gasteiger partial charge in [0.25, 0.3) is 0 Å². The van der Waals surface area contributed by atoms with Crippen LogP contribution >= 0.6 is 23.4 Å². The van der Waals surface area contributed by atoms with Gasteiger partial charge in [0, 0.05) is 30.0 Å². The van der Waals surface area contributed by atoms with Crippen molar-refractivity contribution in [1.29, 1.82) is 0 Å². The predicted molar refractivity (Wildman–Crippen MR) is 82.1 cm³/mol. The SMILES string of the molecule is CC1CN(S(=O)(=O)Cc2cccc(CCl)c2)CCS1. The molecule has 1 fully saturated rings. The lowest BCUT2D eigenvalue weighted by atomic mass is 10.2. The Hall–Kier alpha value is -0.230. The van der Waals surface area contributed by atoms with Gasteiger partial charge in [-0.1, -0.05) is 31.2 Å². The number of hydrogen-bond donors (Lipinski definition) is 0. The molecular weight excluding hydrogens is 302 g/mol. The molecule has 2 rings (SSSR count). The molecule has 0 spiro atoms. The molecule has 0 saturated carbocycles. The second-order valence-electron chi connectivity index (χ2n) is 4.75. The fraction of sp³-hybridized carbons (Fsp3) is 0.538. The van der Waals surface area contributed by atoms with Crippen molar-refractivity contribution in [1.82, 2.24) is 4.31 Å². The van der Waals surface area contributed by atoms with Crippen LogP contribution in [0.15, 0.2) is 24.3 Å². The Bertz CT molecular complexity index is 533. The summed E-state index contributed by atoms with van der Waals surface area (Å²) in [7, 11) is -3.22. The van der Waals surface area contributed by atoms with E-state index in [1.807, 2.05) is 36.0 Å². The average molecular weight is 320 g/mol. The second kappa shape index (κ2) is 6.48. The molecule has 1 atom stereocenters. The molecule has 106 valence electrons. The summed E-state index contributed by atoms with van der Waals surface area (Å²) in [5.41, 5.74) is 1.76. The fourth-order valence-corrected chi connectivity index (χ4v) is 5.14. The van der Waals surface area contributed by atoms with Gasteiger partial charge in [-0.15, -0.1) is 11.6 Å². The minimum atomic E-state index is -3.22. The monoisotopic (exact) mass is 319 g/mol. The summed E-state index contributed by atoms with van der Waals surface area (Å²) in [6, 6.07) is 7.47. The quantitative estimate of drug-likeness (QED) is 0.801. The van der Waals surface area contributed by atoms with Crippen LogP contribution in [0.3, 0.4) is 0 Å². The zero-order chi connectivity index (χ0) is 13.9. The van der Waals surface area contributed by atoms with Crippen LogP contribution < -0.4 is 0 Å². The van der Waals surface area contributed by atoms with E-state index >= 15 is 0 Å². The first-order valence-electron chi connectivity index (χ1n) is 6.24. The molecule has 1 heterocycles. The van der Waals surface area contributed by atoms with Crippen LogP contribution in [0.2, 0.25) is 0 Å². The molecule has 3 nitrogen and oxygen atoms in total. The van der Waals surface area contributed by atoms with Gasteiger partial charge in [0.05, 0.1) is 5.75 Å². The number of alkyl halides is 1. The van der Waals surface area contributed by atoms with E-state index in [-0.39, 0.29) is 5.75 Å². The molecule has 0 amide bonds. The minimum Gasteiger partial charge on any atom is -0.212 e. The van der Waals surface area contributed by atoms with E-state index in [1.165, 1.54) is 0 Å². The minimum absolute atomic E-state index is 0.0646. The van der Waals surface area contributed by atoms with Crippen molar-refractivity contribution in [3.8, 4) is 0 Å². The molecule has 19 heavy (non-hydrogen) atoms. The van der Waals surface area contributed by atoms with Crippen molar-refractivity contribution < 1.29 is 8.42 Å². The van der Waals surface area contributed by atoms with Gasteiger partial charge in [-0.3, -0.25) is 0 Å². The van der Waals surface area contributed by atoms with Crippen molar-refractivity contribution in [2.24, 2.45) is 0 Å². The second-order valence-corrected chi connectivity index (χ2v) is 8.53. The fourth-order valence-electron chi connectivity index (χ4n) is 2.14. The third-order valence-electron chi connectivity index (χ3n) is 3.09. The van der Waals surface area contributed by atoms with Gasteiger partial charge in [-0.25, -0.2) is 8.42 Å². The summed E-state index contributed by atoms with van der Waals surface area (Å²) >= 11 is 7.60. The standard InChI is InChI=1S/C13H18ClNO2S2/c1-11-9-15(5-6-18-11)19(16,17)10-13-4-2-3-12(7-13)8-14/h2-4,7,11H,5-6,8-10H2,1H3. The molecule has 1 aliphatic rings. The van der Waals surface area contributed by atoms with Crippen LogP contribution in [-0.2, 0) is 21.7 Å². The molecule has 0 bridgehead atoms. The third-order valence-corrected chi connectivity index (χ3v) is 6.35. The summed E-state index contributed by atoms with van der Waals surface area (Å²) in [6.45, 7) is 3.30. The zero-order valence-corrected chi connectivity index (χ0v) is 13.3. The first-order valence-corrected chi connectivity index (χ1v) is 9.44. The highest BCUT2D eigenvalue weighted by Crippen LogP contribution is 2.22. The van der Waals surface area contributed by atoms with Crippen molar-refractivity contribution in [2.75, 3.05) is 18.8 Å². The van der Waals surface area contributed by atoms with Gasteiger partial charge < -0.3 is 0 Å². The Kier molecular flexibility index (Phi) is 5.17. The van der Waals surface area contributed by atoms with Gasteiger partial charge in [0.15, 0.2) is 0 Å². The number of hydrogen-bond acceptors (Lipinski definition) is 3. The van der Waals surface area contributed by atoms with Crippen LogP contribution in [0, 0.1) is 0 Å². The van der Waals surface area contributed by atoms with Crippen LogP contribution in [0.5, 0.6) is 0 Å². The third kappa shape index (κ3) is 4.12. The van der Waals surface area contributed by atoms with Gasteiger partial charge in [0.2, 0.25) is 10.0 Å². The number of thioether (sulfide) groups is 1. The van der Waals surface area contributed by atoms with Gasteiger partial charge in [-0.2, -0.15) is 16.1 Å². The zero-order valence-electron chi connectivity index (χ0n) is 10.9. The normalized spacial score (nSPS) is 21.5. The molecule has 0 radical (unpaired) electrons. The molecular formula is C13H18ClNO2S2. The van der Waals surface area contributed by atoms with E-state index in [4.69, 9.17) is 11.6 Å². The molecule has 1 aliphatic heterocycles. The Morgan fingerprint density at radius 3 is 2.84 bits per heavy atom. The molecule has 0 aromatic heterocycles. The first kappa shape index (κ1) is 15.2. The number of benzene rings is 1. The Labute approximate surface area is 124 Å². The lowest BCUT2D eigenvalue weighted by Gasteiger charge is -2.29. The van der Waals surface area contributed by atoms with E-state index < -0.39 is 10.0 Å². The maximum atomic E-state index is 12.4. The summed E-state index contributed by atoms with van der Waals surface area (Å²) in [5.74, 6) is 1.35. The number of rotatable bonds is 4. The molecule has 0 N–H and O–H groups in total. The molecule has 0 aliphatic carbocycles. The van der Waals surface area contributed by atoms with Crippen molar-refractivity contribution in [3.05, 3.63) is 35.4 Å². The predicted octanol–water partition coefficient (Wildman–Crippen LogP) is 2.69. The lowest BCUT2D eigenvalue weighted by molar-refractivity contribution is 0.423. The number of sulfonamides is 1. The summed E-state index contributed by atoms with van der Waals surface area (Å²) < 4.78 is 26.4. The highest BCUT2D eigenvalue weighted by atomic mass is 35.5. The van der Waals surface area contributed by atoms with E-state index in [1.54, 1.807) is 4.31 Å². The van der Waals surface area contributed by atoms with E-state index in [0.29, 0.717) is 24.2 Å². The first-order chi connectivity index (χ1) is 9.01. The maximum Gasteiger partial charge on any atom is 0.218 e. The van der Waals surface area contributed by atoms with Crippen molar-refractivity contribution in [3.63, 3.8) is 0 Å². The van der Waals surface area contributed by atoms with Crippen molar-refractivity contribution in [2.45, 2.75) is 23.8 Å². The van der Waals surface area contributed by atoms with E-state index in [0.717, 1.165) is 16.9 Å². The Morgan fingerprint density at radius 1 is 1.42 bits per heavy atom. The highest BCUT2D eigenvalue weighted by molar-refractivity contribution is 8.00. The summed E-state index contributed by atoms with van der Waals surface area (Å²) in [6.07, 6.45) is 0. The lowest BCUT2D eigenvalue weighted by Crippen LogP contribution is -2.41. The molecule has 1 aromatic carbocycles. The number of halogens is 1. The van der Waals surface area contributed by atoms with Crippen LogP contribution in [0.25, 0.3) is 0 Å². The molecule has 1 unspecified atom stereocenters. The van der Waals surface area contributed by atoms with Crippen LogP contribution in [-0.4, -0.2) is 36.8 Å². The average Bonchev–Trinajstić information content (AvgIpc) is 2.38. The largest absolute Gasteiger partial charge is 0.218 e. The van der Waals surface area contributed by atoms with Gasteiger partial charge in [0.1, 0.15) is 0 Å². The topological polar surface area (TPSA) is 37.4 Å². The number of nitrogens with zero attached hydrogens (tertiary/aromatic N) is 1. The van der Waals surface area contributed by atoms with Crippen LogP contribution in [0.4, 0.5) is 0 Å². The highest BCUT2D eigenvalue weighted by Gasteiger charge is 2.27. The molecule has 1 aromatic rings. The Balaban J connectivity index is 2.11. The van der Waals surface area contributed by atoms with Gasteiger partial charge >= 0.3 is 0 Å². The molecule has 6 heteroatoms. The molecule has 1 saturated heterocycles.